The number of nitrogens with one attached hydrogen (secondary N) is 2. The van der Waals surface area contributed by atoms with E-state index in [2.05, 4.69) is 10.6 Å². The number of nitro benzene ring substituents is 1. The van der Waals surface area contributed by atoms with E-state index in [1.54, 1.807) is 18.2 Å². The summed E-state index contributed by atoms with van der Waals surface area (Å²) in [6.45, 7) is 1.74. The van der Waals surface area contributed by atoms with Gasteiger partial charge in [0.15, 0.2) is 0 Å². The first kappa shape index (κ1) is 19.4. The van der Waals surface area contributed by atoms with Gasteiger partial charge in [-0.25, -0.2) is 4.39 Å². The van der Waals surface area contributed by atoms with E-state index in [1.807, 2.05) is 0 Å². The van der Waals surface area contributed by atoms with Crippen molar-refractivity contribution in [2.24, 2.45) is 0 Å². The largest absolute Gasteiger partial charge is 0.355 e. The average Bonchev–Trinajstić information content (AvgIpc) is 2.60. The second-order valence-corrected chi connectivity index (χ2v) is 6.29. The van der Waals surface area contributed by atoms with Crippen molar-refractivity contribution >= 4 is 29.3 Å². The Labute approximate surface area is 153 Å². The van der Waals surface area contributed by atoms with Crippen molar-refractivity contribution in [3.63, 3.8) is 0 Å². The third-order valence-electron chi connectivity index (χ3n) is 3.26. The van der Waals surface area contributed by atoms with Gasteiger partial charge in [-0.3, -0.25) is 19.7 Å². The lowest BCUT2D eigenvalue weighted by molar-refractivity contribution is -0.384. The maximum atomic E-state index is 13.9. The number of hydrogen-bond donors (Lipinski definition) is 2. The molecule has 2 N–H and O–H groups in total. The van der Waals surface area contributed by atoms with Crippen LogP contribution in [0.15, 0.2) is 52.3 Å². The average molecular weight is 377 g/mol. The minimum Gasteiger partial charge on any atom is -0.355 e. The molecule has 136 valence electrons. The Morgan fingerprint density at radius 3 is 2.46 bits per heavy atom. The quantitative estimate of drug-likeness (QED) is 0.439. The molecule has 0 atom stereocenters. The summed E-state index contributed by atoms with van der Waals surface area (Å²) in [7, 11) is 0. The molecule has 0 fully saturated rings. The van der Waals surface area contributed by atoms with Gasteiger partial charge in [0.25, 0.3) is 11.6 Å². The van der Waals surface area contributed by atoms with Crippen molar-refractivity contribution in [2.45, 2.75) is 16.7 Å². The van der Waals surface area contributed by atoms with E-state index in [0.29, 0.717) is 9.79 Å². The van der Waals surface area contributed by atoms with Crippen LogP contribution in [0.2, 0.25) is 0 Å². The maximum Gasteiger partial charge on any atom is 0.270 e. The summed E-state index contributed by atoms with van der Waals surface area (Å²) in [6.07, 6.45) is 0. The molecular formula is C17H16FN3O4S. The van der Waals surface area contributed by atoms with E-state index in [1.165, 1.54) is 25.1 Å². The highest BCUT2D eigenvalue weighted by Gasteiger charge is 2.18. The van der Waals surface area contributed by atoms with E-state index in [4.69, 9.17) is 0 Å². The van der Waals surface area contributed by atoms with Crippen molar-refractivity contribution < 1.29 is 18.9 Å². The lowest BCUT2D eigenvalue weighted by atomic mass is 10.2. The van der Waals surface area contributed by atoms with Crippen LogP contribution < -0.4 is 10.6 Å². The summed E-state index contributed by atoms with van der Waals surface area (Å²) in [5.41, 5.74) is -0.176. The van der Waals surface area contributed by atoms with Crippen molar-refractivity contribution in [1.29, 1.82) is 0 Å². The van der Waals surface area contributed by atoms with Gasteiger partial charge in [-0.15, -0.1) is 0 Å². The highest BCUT2D eigenvalue weighted by atomic mass is 32.2. The Bertz CT molecular complexity index is 845. The molecule has 2 amide bonds. The number of halogens is 1. The molecule has 26 heavy (non-hydrogen) atoms. The van der Waals surface area contributed by atoms with Crippen molar-refractivity contribution in [3.05, 3.63) is 64.0 Å². The van der Waals surface area contributed by atoms with Gasteiger partial charge in [-0.05, 0) is 18.2 Å². The molecule has 0 aromatic heterocycles. The highest BCUT2D eigenvalue weighted by Crippen LogP contribution is 2.33. The van der Waals surface area contributed by atoms with E-state index >= 15 is 0 Å². The number of nitro groups is 1. The Morgan fingerprint density at radius 1 is 1.12 bits per heavy atom. The van der Waals surface area contributed by atoms with E-state index in [0.717, 1.165) is 17.8 Å². The number of carbonyl (C=O) groups excluding carboxylic acids is 2. The zero-order valence-corrected chi connectivity index (χ0v) is 14.6. The predicted octanol–water partition coefficient (Wildman–Crippen LogP) is 2.75. The van der Waals surface area contributed by atoms with Crippen molar-refractivity contribution in [3.8, 4) is 0 Å². The van der Waals surface area contributed by atoms with Gasteiger partial charge >= 0.3 is 0 Å². The standard InChI is InChI=1S/C17H16FN3O4S/c1-11(22)19-8-9-20-17(23)13-10-12(21(24)25)6-7-15(13)26-16-5-3-2-4-14(16)18/h2-7,10H,8-9H2,1H3,(H,19,22)(H,20,23). The number of non-ortho nitro benzene ring substituents is 1. The molecule has 7 nitrogen and oxygen atoms in total. The van der Waals surface area contributed by atoms with Gasteiger partial charge in [-0.2, -0.15) is 0 Å². The second kappa shape index (κ2) is 8.95. The van der Waals surface area contributed by atoms with Crippen LogP contribution >= 0.6 is 11.8 Å². The Hall–Kier alpha value is -2.94. The monoisotopic (exact) mass is 377 g/mol. The first-order chi connectivity index (χ1) is 12.4. The van der Waals surface area contributed by atoms with Crippen molar-refractivity contribution in [1.82, 2.24) is 10.6 Å². The number of benzene rings is 2. The zero-order chi connectivity index (χ0) is 19.1. The molecule has 0 aliphatic heterocycles. The summed E-state index contributed by atoms with van der Waals surface area (Å²) in [6, 6.07) is 9.88. The van der Waals surface area contributed by atoms with Crippen LogP contribution in [-0.4, -0.2) is 29.8 Å². The van der Waals surface area contributed by atoms with Gasteiger partial charge in [0.1, 0.15) is 5.82 Å². The summed E-state index contributed by atoms with van der Waals surface area (Å²) in [5.74, 6) is -1.23. The first-order valence-corrected chi connectivity index (χ1v) is 8.43. The normalized spacial score (nSPS) is 10.2. The molecule has 2 rings (SSSR count). The van der Waals surface area contributed by atoms with Gasteiger partial charge in [0.05, 0.1) is 10.5 Å². The lowest BCUT2D eigenvalue weighted by Gasteiger charge is -2.11. The number of nitrogens with zero attached hydrogens (tertiary/aromatic N) is 1. The fourth-order valence-corrected chi connectivity index (χ4v) is 3.00. The third-order valence-corrected chi connectivity index (χ3v) is 4.39. The van der Waals surface area contributed by atoms with Gasteiger partial charge in [0.2, 0.25) is 5.91 Å². The van der Waals surface area contributed by atoms with Crippen LogP contribution in [0.4, 0.5) is 10.1 Å². The first-order valence-electron chi connectivity index (χ1n) is 7.62. The molecule has 0 aliphatic rings. The van der Waals surface area contributed by atoms with Crippen LogP contribution in [0.3, 0.4) is 0 Å². The molecule has 9 heteroatoms. The molecule has 0 heterocycles. The third kappa shape index (κ3) is 5.28. The molecule has 0 spiro atoms. The fraction of sp³-hybridized carbons (Fsp3) is 0.176. The topological polar surface area (TPSA) is 101 Å². The lowest BCUT2D eigenvalue weighted by Crippen LogP contribution is -2.33. The van der Waals surface area contributed by atoms with Crippen LogP contribution in [0.25, 0.3) is 0 Å². The van der Waals surface area contributed by atoms with Crippen LogP contribution in [0.1, 0.15) is 17.3 Å². The number of amides is 2. The SMILES string of the molecule is CC(=O)NCCNC(=O)c1cc([N+](=O)[O-])ccc1Sc1ccccc1F. The molecule has 0 saturated heterocycles. The Kier molecular flexibility index (Phi) is 6.67. The van der Waals surface area contributed by atoms with Gasteiger partial charge in [0, 0.05) is 41.9 Å². The smallest absolute Gasteiger partial charge is 0.270 e. The van der Waals surface area contributed by atoms with E-state index in [9.17, 15) is 24.1 Å². The molecule has 0 bridgehead atoms. The van der Waals surface area contributed by atoms with Crippen LogP contribution in [-0.2, 0) is 4.79 Å². The van der Waals surface area contributed by atoms with Crippen LogP contribution in [0.5, 0.6) is 0 Å². The number of carbonyl (C=O) groups is 2. The molecule has 0 saturated carbocycles. The predicted molar refractivity (Wildman–Crippen MR) is 94.6 cm³/mol. The van der Waals surface area contributed by atoms with E-state index in [-0.39, 0.29) is 30.2 Å². The van der Waals surface area contributed by atoms with Gasteiger partial charge < -0.3 is 10.6 Å². The molecular weight excluding hydrogens is 361 g/mol. The number of rotatable bonds is 7. The Morgan fingerprint density at radius 2 is 1.81 bits per heavy atom. The summed E-state index contributed by atoms with van der Waals surface area (Å²) < 4.78 is 13.9. The van der Waals surface area contributed by atoms with E-state index < -0.39 is 16.6 Å². The second-order valence-electron chi connectivity index (χ2n) is 5.21. The summed E-state index contributed by atoms with van der Waals surface area (Å²) in [4.78, 5) is 34.3. The minimum absolute atomic E-state index is 0.0651. The molecule has 0 radical (unpaired) electrons. The highest BCUT2D eigenvalue weighted by molar-refractivity contribution is 7.99. The van der Waals surface area contributed by atoms with Crippen LogP contribution in [0, 0.1) is 15.9 Å². The minimum atomic E-state index is -0.606. The molecule has 0 unspecified atom stereocenters. The zero-order valence-electron chi connectivity index (χ0n) is 13.8. The maximum absolute atomic E-state index is 13.9. The molecule has 2 aromatic rings. The summed E-state index contributed by atoms with van der Waals surface area (Å²) in [5, 5.41) is 16.1. The van der Waals surface area contributed by atoms with Crippen molar-refractivity contribution in [2.75, 3.05) is 13.1 Å². The summed E-state index contributed by atoms with van der Waals surface area (Å²) >= 11 is 1.01. The molecule has 2 aromatic carbocycles. The van der Waals surface area contributed by atoms with Gasteiger partial charge in [-0.1, -0.05) is 23.9 Å². The fourth-order valence-electron chi connectivity index (χ4n) is 2.05. The molecule has 0 aliphatic carbocycles. The Balaban J connectivity index is 2.24. The number of hydrogen-bond acceptors (Lipinski definition) is 5.